The molecule has 0 bridgehead atoms. The number of rotatable bonds is 4. The summed E-state index contributed by atoms with van der Waals surface area (Å²) < 4.78 is 0. The van der Waals surface area contributed by atoms with Crippen molar-refractivity contribution >= 4 is 67.5 Å². The monoisotopic (exact) mass is 580 g/mol. The van der Waals surface area contributed by atoms with Crippen LogP contribution in [0.1, 0.15) is 11.1 Å². The Hall–Kier alpha value is -1.54. The van der Waals surface area contributed by atoms with Gasteiger partial charge in [-0.25, -0.2) is 0 Å². The molecule has 0 heterocycles. The van der Waals surface area contributed by atoms with Crippen molar-refractivity contribution in [2.24, 2.45) is 21.7 Å². The van der Waals surface area contributed by atoms with Gasteiger partial charge in [-0.15, -0.1) is 0 Å². The van der Waals surface area contributed by atoms with Crippen LogP contribution in [0.2, 0.25) is 0 Å². The maximum atomic E-state index is 11.1. The molecule has 0 aliphatic heterocycles. The van der Waals surface area contributed by atoms with E-state index in [1.807, 2.05) is 0 Å². The van der Waals surface area contributed by atoms with Gasteiger partial charge in [0, 0.05) is 0 Å². The van der Waals surface area contributed by atoms with Gasteiger partial charge in [-0.3, -0.25) is 10.9 Å². The number of para-hydroxylation sites is 2. The van der Waals surface area contributed by atoms with E-state index in [4.69, 9.17) is 31.9 Å². The second kappa shape index (κ2) is 19.4. The Labute approximate surface area is 212 Å². The van der Waals surface area contributed by atoms with Crippen LogP contribution in [-0.2, 0) is 32.1 Å². The number of hydrazone groups is 2. The zero-order chi connectivity index (χ0) is 22.1. The van der Waals surface area contributed by atoms with Crippen LogP contribution in [0.3, 0.4) is 0 Å². The van der Waals surface area contributed by atoms with Crippen molar-refractivity contribution in [3.63, 3.8) is 0 Å². The number of hydrogen-bond acceptors (Lipinski definition) is 6. The van der Waals surface area contributed by atoms with Gasteiger partial charge in [-0.1, -0.05) is 60.0 Å². The van der Waals surface area contributed by atoms with Gasteiger partial charge in [0.15, 0.2) is 10.2 Å². The summed E-state index contributed by atoms with van der Waals surface area (Å²) in [6.45, 7) is 0. The predicted octanol–water partition coefficient (Wildman–Crippen LogP) is 1.23. The molecule has 0 radical (unpaired) electrons. The molecule has 8 nitrogen and oxygen atoms in total. The first-order valence-electron chi connectivity index (χ1n) is 7.33. The molecule has 0 aliphatic carbocycles. The van der Waals surface area contributed by atoms with Crippen LogP contribution < -0.4 is 32.5 Å². The third-order valence-corrected chi connectivity index (χ3v) is 2.78. The van der Waals surface area contributed by atoms with E-state index in [-0.39, 0.29) is 41.2 Å². The molecule has 0 aromatic heterocycles. The smallest absolute Gasteiger partial charge is 2.00 e. The van der Waals surface area contributed by atoms with E-state index in [9.17, 15) is 10.2 Å². The summed E-state index contributed by atoms with van der Waals surface area (Å²) in [5.74, 6) is -0.174. The second-order valence-electron chi connectivity index (χ2n) is 4.59. The van der Waals surface area contributed by atoms with E-state index in [1.165, 1.54) is 24.6 Å². The van der Waals surface area contributed by atoms with Crippen molar-refractivity contribution in [3.8, 4) is 11.5 Å². The standard InChI is InChI=1S/2C8H9N3OS.2ClH.Ni.Zn/c2*9-8(13)11-10-5-6-3-1-2-4-7(6)12;;;;/h2*1-5,12H,(H3,9,11,13);2*1H;;/q;;;;2*+2/p-4/b2*10-5+;;;;. The van der Waals surface area contributed by atoms with Gasteiger partial charge in [0.2, 0.25) is 0 Å². The molecule has 0 unspecified atom stereocenters. The quantitative estimate of drug-likeness (QED) is 0.182. The third kappa shape index (κ3) is 16.3. The molecule has 0 amide bonds. The molecule has 0 fully saturated rings. The molecule has 0 spiro atoms. The summed E-state index contributed by atoms with van der Waals surface area (Å²) in [4.78, 5) is 0. The average Bonchev–Trinajstić information content (AvgIpc) is 2.66. The van der Waals surface area contributed by atoms with Gasteiger partial charge in [-0.2, -0.15) is 10.2 Å². The summed E-state index contributed by atoms with van der Waals surface area (Å²) in [5, 5.41) is 29.7. The molecule has 2 aromatic carbocycles. The van der Waals surface area contributed by atoms with Crippen LogP contribution >= 0.6 is 44.8 Å². The largest absolute Gasteiger partial charge is 2.00 e. The molecule has 2 rings (SSSR count). The maximum absolute atomic E-state index is 11.1. The van der Waals surface area contributed by atoms with Crippen molar-refractivity contribution in [1.29, 1.82) is 0 Å². The first-order chi connectivity index (χ1) is 13.8. The van der Waals surface area contributed by atoms with E-state index in [2.05, 4.69) is 45.5 Å². The van der Waals surface area contributed by atoms with Crippen LogP contribution in [0, 0.1) is 0 Å². The van der Waals surface area contributed by atoms with Gasteiger partial charge in [0.1, 0.15) is 0 Å². The molecule has 2 aromatic rings. The van der Waals surface area contributed by atoms with Crippen molar-refractivity contribution in [1.82, 2.24) is 10.9 Å². The fraction of sp³-hybridized carbons (Fsp3) is 0. The first-order valence-corrected chi connectivity index (χ1v) is 10.9. The molecular formula is C16H16Cl2N6NiO2S2Zn. The molecule has 6 N–H and O–H groups in total. The minimum Gasteiger partial charge on any atom is 2.00 e. The summed E-state index contributed by atoms with van der Waals surface area (Å²) in [6, 6.07) is 13.1. The summed E-state index contributed by atoms with van der Waals surface area (Å²) in [7, 11) is 9.40. The van der Waals surface area contributed by atoms with Crippen LogP contribution in [0.5, 0.6) is 11.5 Å². The minimum atomic E-state index is -0.0870. The number of nitrogens with one attached hydrogen (secondary N) is 2. The predicted molar refractivity (Wildman–Crippen MR) is 119 cm³/mol. The number of nitrogens with zero attached hydrogens (tertiary/aromatic N) is 2. The Morgan fingerprint density at radius 2 is 1.13 bits per heavy atom. The Morgan fingerprint density at radius 3 is 1.40 bits per heavy atom. The third-order valence-electron chi connectivity index (χ3n) is 2.59. The molecule has 30 heavy (non-hydrogen) atoms. The van der Waals surface area contributed by atoms with E-state index >= 15 is 0 Å². The maximum Gasteiger partial charge on any atom is 2.00 e. The number of nitrogens with two attached hydrogens (primary N) is 2. The molecule has 160 valence electrons. The van der Waals surface area contributed by atoms with E-state index < -0.39 is 0 Å². The van der Waals surface area contributed by atoms with E-state index in [0.717, 1.165) is 0 Å². The van der Waals surface area contributed by atoms with Crippen LogP contribution in [0.15, 0.2) is 58.7 Å². The summed E-state index contributed by atoms with van der Waals surface area (Å²) >= 11 is 9.61. The number of halogens is 2. The molecule has 0 aliphatic rings. The Bertz CT molecular complexity index is 781. The van der Waals surface area contributed by atoms with Crippen LogP contribution in [0.25, 0.3) is 0 Å². The zero-order valence-corrected chi connectivity index (χ0v) is 22.3. The fourth-order valence-electron chi connectivity index (χ4n) is 1.51. The van der Waals surface area contributed by atoms with Gasteiger partial charge >= 0.3 is 52.5 Å². The average molecular weight is 583 g/mol. The topological polar surface area (TPSA) is 147 Å². The van der Waals surface area contributed by atoms with Gasteiger partial charge in [0.25, 0.3) is 0 Å². The van der Waals surface area contributed by atoms with Crippen LogP contribution in [0.4, 0.5) is 0 Å². The van der Waals surface area contributed by atoms with E-state index in [1.54, 1.807) is 36.4 Å². The Kier molecular flexibility index (Phi) is 19.8. The van der Waals surface area contributed by atoms with Gasteiger partial charge in [0.05, 0.1) is 12.4 Å². The second-order valence-corrected chi connectivity index (χ2v) is 7.10. The molecule has 0 atom stereocenters. The molecule has 0 saturated heterocycles. The van der Waals surface area contributed by atoms with Crippen molar-refractivity contribution in [3.05, 3.63) is 59.7 Å². The van der Waals surface area contributed by atoms with E-state index in [0.29, 0.717) is 23.8 Å². The van der Waals surface area contributed by atoms with Gasteiger partial charge in [-0.05, 0) is 35.6 Å². The SMILES string of the molecule is NC(=S)N/N=C/c1ccccc1[O-].NC(=S)N/N=C/c1ccccc1[O-].[Cl][Ni][Cl].[Zn+2]. The number of thiocarbonyl (C=S) groups is 2. The normalized spacial score (nSPS) is 9.53. The van der Waals surface area contributed by atoms with Crippen molar-refractivity contribution < 1.29 is 42.3 Å². The Balaban J connectivity index is 0. The number of benzene rings is 2. The first kappa shape index (κ1) is 30.6. The zero-order valence-electron chi connectivity index (χ0n) is 15.2. The molecular weight excluding hydrogens is 567 g/mol. The van der Waals surface area contributed by atoms with Crippen LogP contribution in [-0.4, -0.2) is 22.7 Å². The number of hydrogen-bond donors (Lipinski definition) is 4. The Morgan fingerprint density at radius 1 is 0.833 bits per heavy atom. The molecule has 0 saturated carbocycles. The molecule has 14 heteroatoms. The fourth-order valence-corrected chi connectivity index (χ4v) is 1.61. The van der Waals surface area contributed by atoms with Gasteiger partial charge < -0.3 is 21.7 Å². The minimum absolute atomic E-state index is 0. The summed E-state index contributed by atoms with van der Waals surface area (Å²) in [5.41, 5.74) is 16.0. The summed E-state index contributed by atoms with van der Waals surface area (Å²) in [6.07, 6.45) is 2.75. The van der Waals surface area contributed by atoms with Crippen molar-refractivity contribution in [2.75, 3.05) is 0 Å². The van der Waals surface area contributed by atoms with Crippen molar-refractivity contribution in [2.45, 2.75) is 0 Å².